The Balaban J connectivity index is 1.77. The SMILES string of the molecule is CS(=O)(=O)c1ccccc1C(=O)NC(c1ccccc1)c1ccc2nc(C(F)(F)F)[nH]c2c1. The predicted octanol–water partition coefficient (Wildman–Crippen LogP) is 4.50. The molecule has 3 aromatic carbocycles. The van der Waals surface area contributed by atoms with Gasteiger partial charge in [0.15, 0.2) is 9.84 Å². The number of carbonyl (C=O) groups excluding carboxylic acids is 1. The van der Waals surface area contributed by atoms with Crippen LogP contribution in [0.4, 0.5) is 13.2 Å². The maximum absolute atomic E-state index is 13.1. The number of H-pyrrole nitrogens is 1. The van der Waals surface area contributed by atoms with E-state index in [1.54, 1.807) is 42.5 Å². The van der Waals surface area contributed by atoms with E-state index in [2.05, 4.69) is 15.3 Å². The number of sulfone groups is 1. The lowest BCUT2D eigenvalue weighted by molar-refractivity contribution is -0.144. The highest BCUT2D eigenvalue weighted by atomic mass is 32.2. The zero-order valence-electron chi connectivity index (χ0n) is 17.2. The molecule has 0 fully saturated rings. The van der Waals surface area contributed by atoms with Gasteiger partial charge in [-0.25, -0.2) is 13.4 Å². The second-order valence-corrected chi connectivity index (χ2v) is 9.43. The number of alkyl halides is 3. The van der Waals surface area contributed by atoms with Crippen LogP contribution in [0.3, 0.4) is 0 Å². The van der Waals surface area contributed by atoms with Gasteiger partial charge in [-0.05, 0) is 35.4 Å². The molecule has 4 rings (SSSR count). The smallest absolute Gasteiger partial charge is 0.341 e. The summed E-state index contributed by atoms with van der Waals surface area (Å²) in [6.45, 7) is 0. The summed E-state index contributed by atoms with van der Waals surface area (Å²) in [4.78, 5) is 18.8. The van der Waals surface area contributed by atoms with Crippen LogP contribution in [0.2, 0.25) is 0 Å². The van der Waals surface area contributed by atoms with Gasteiger partial charge in [-0.3, -0.25) is 4.79 Å². The average molecular weight is 473 g/mol. The lowest BCUT2D eigenvalue weighted by Gasteiger charge is -2.21. The number of carbonyl (C=O) groups is 1. The predicted molar refractivity (Wildman–Crippen MR) is 116 cm³/mol. The molecular weight excluding hydrogens is 455 g/mol. The third-order valence-electron chi connectivity index (χ3n) is 5.05. The average Bonchev–Trinajstić information content (AvgIpc) is 3.21. The highest BCUT2D eigenvalue weighted by molar-refractivity contribution is 7.90. The van der Waals surface area contributed by atoms with Crippen molar-refractivity contribution in [3.05, 3.63) is 95.3 Å². The number of benzene rings is 3. The highest BCUT2D eigenvalue weighted by Crippen LogP contribution is 2.31. The molecule has 0 aliphatic rings. The fraction of sp³-hybridized carbons (Fsp3) is 0.130. The van der Waals surface area contributed by atoms with E-state index >= 15 is 0 Å². The van der Waals surface area contributed by atoms with Crippen molar-refractivity contribution < 1.29 is 26.4 Å². The molecule has 0 bridgehead atoms. The lowest BCUT2D eigenvalue weighted by atomic mass is 9.97. The van der Waals surface area contributed by atoms with Crippen LogP contribution in [-0.4, -0.2) is 30.5 Å². The summed E-state index contributed by atoms with van der Waals surface area (Å²) in [7, 11) is -3.66. The first kappa shape index (κ1) is 22.5. The number of fused-ring (bicyclic) bond motifs is 1. The van der Waals surface area contributed by atoms with Gasteiger partial charge in [0.1, 0.15) is 0 Å². The molecule has 6 nitrogen and oxygen atoms in total. The number of halogens is 3. The van der Waals surface area contributed by atoms with Gasteiger partial charge in [0, 0.05) is 6.26 Å². The number of rotatable bonds is 5. The van der Waals surface area contributed by atoms with Gasteiger partial charge in [-0.2, -0.15) is 13.2 Å². The van der Waals surface area contributed by atoms with Gasteiger partial charge in [-0.1, -0.05) is 48.5 Å². The number of hydrogen-bond acceptors (Lipinski definition) is 4. The van der Waals surface area contributed by atoms with Crippen LogP contribution in [0.25, 0.3) is 11.0 Å². The van der Waals surface area contributed by atoms with Crippen molar-refractivity contribution in [3.63, 3.8) is 0 Å². The van der Waals surface area contributed by atoms with E-state index in [9.17, 15) is 26.4 Å². The molecular formula is C23H18F3N3O3S. The van der Waals surface area contributed by atoms with Gasteiger partial charge >= 0.3 is 6.18 Å². The molecule has 4 aromatic rings. The van der Waals surface area contributed by atoms with E-state index in [4.69, 9.17) is 0 Å². The van der Waals surface area contributed by atoms with Crippen LogP contribution in [0.5, 0.6) is 0 Å². The molecule has 1 unspecified atom stereocenters. The van der Waals surface area contributed by atoms with Gasteiger partial charge in [-0.15, -0.1) is 0 Å². The summed E-state index contributed by atoms with van der Waals surface area (Å²) in [6, 6.07) is 18.4. The standard InChI is InChI=1S/C23H18F3N3O3S/c1-33(31,32)19-10-6-5-9-16(19)21(30)29-20(14-7-3-2-4-8-14)15-11-12-17-18(13-15)28-22(27-17)23(24,25)26/h2-13,20H,1H3,(H,27,28)(H,29,30). The normalized spacial score (nSPS) is 13.1. The molecule has 0 spiro atoms. The van der Waals surface area contributed by atoms with Crippen LogP contribution < -0.4 is 5.32 Å². The third-order valence-corrected chi connectivity index (χ3v) is 6.20. The molecule has 1 atom stereocenters. The van der Waals surface area contributed by atoms with E-state index in [0.29, 0.717) is 11.1 Å². The Morgan fingerprint density at radius 3 is 2.30 bits per heavy atom. The molecule has 1 amide bonds. The molecule has 10 heteroatoms. The molecule has 0 aliphatic heterocycles. The second kappa shape index (κ2) is 8.36. The largest absolute Gasteiger partial charge is 0.449 e. The summed E-state index contributed by atoms with van der Waals surface area (Å²) in [5, 5.41) is 2.82. The lowest BCUT2D eigenvalue weighted by Crippen LogP contribution is -2.30. The van der Waals surface area contributed by atoms with E-state index in [-0.39, 0.29) is 21.5 Å². The molecule has 33 heavy (non-hydrogen) atoms. The van der Waals surface area contributed by atoms with E-state index in [1.807, 2.05) is 0 Å². The molecule has 0 aliphatic carbocycles. The fourth-order valence-corrected chi connectivity index (χ4v) is 4.42. The Morgan fingerprint density at radius 1 is 0.970 bits per heavy atom. The molecule has 170 valence electrons. The monoisotopic (exact) mass is 473 g/mol. The summed E-state index contributed by atoms with van der Waals surface area (Å²) in [5.41, 5.74) is 1.43. The zero-order chi connectivity index (χ0) is 23.8. The summed E-state index contributed by atoms with van der Waals surface area (Å²) >= 11 is 0. The van der Waals surface area contributed by atoms with E-state index < -0.39 is 33.8 Å². The molecule has 0 saturated heterocycles. The number of nitrogens with zero attached hydrogens (tertiary/aromatic N) is 1. The third kappa shape index (κ3) is 4.75. The first-order valence-electron chi connectivity index (χ1n) is 9.76. The topological polar surface area (TPSA) is 91.9 Å². The van der Waals surface area contributed by atoms with Gasteiger partial charge in [0.25, 0.3) is 5.91 Å². The number of nitrogens with one attached hydrogen (secondary N) is 2. The first-order chi connectivity index (χ1) is 15.5. The number of imidazole rings is 1. The van der Waals surface area contributed by atoms with Crippen LogP contribution in [0, 0.1) is 0 Å². The van der Waals surface area contributed by atoms with Crippen molar-refractivity contribution >= 4 is 26.8 Å². The maximum Gasteiger partial charge on any atom is 0.449 e. The molecule has 0 radical (unpaired) electrons. The Hall–Kier alpha value is -3.66. The maximum atomic E-state index is 13.1. The Kier molecular flexibility index (Phi) is 5.71. The summed E-state index contributed by atoms with van der Waals surface area (Å²) in [5.74, 6) is -1.75. The quantitative estimate of drug-likeness (QED) is 0.446. The minimum absolute atomic E-state index is 0.0251. The van der Waals surface area contributed by atoms with Crippen LogP contribution in [-0.2, 0) is 16.0 Å². The molecule has 1 heterocycles. The van der Waals surface area contributed by atoms with Crippen LogP contribution in [0.15, 0.2) is 77.7 Å². The first-order valence-corrected chi connectivity index (χ1v) is 11.6. The Bertz CT molecular complexity index is 1430. The van der Waals surface area contributed by atoms with Crippen LogP contribution in [0.1, 0.15) is 33.4 Å². The molecule has 1 aromatic heterocycles. The number of aromatic amines is 1. The molecule has 0 saturated carbocycles. The van der Waals surface area contributed by atoms with Crippen molar-refractivity contribution in [2.45, 2.75) is 17.1 Å². The fourth-order valence-electron chi connectivity index (χ4n) is 3.53. The number of hydrogen-bond donors (Lipinski definition) is 2. The summed E-state index contributed by atoms with van der Waals surface area (Å²) in [6.07, 6.45) is -3.61. The van der Waals surface area contributed by atoms with Crippen molar-refractivity contribution in [1.29, 1.82) is 0 Å². The van der Waals surface area contributed by atoms with Crippen molar-refractivity contribution in [2.24, 2.45) is 0 Å². The van der Waals surface area contributed by atoms with Gasteiger partial charge in [0.2, 0.25) is 5.82 Å². The van der Waals surface area contributed by atoms with Crippen LogP contribution >= 0.6 is 0 Å². The van der Waals surface area contributed by atoms with E-state index in [0.717, 1.165) is 6.26 Å². The highest BCUT2D eigenvalue weighted by Gasteiger charge is 2.35. The van der Waals surface area contributed by atoms with Gasteiger partial charge < -0.3 is 10.3 Å². The Morgan fingerprint density at radius 2 is 1.64 bits per heavy atom. The molecule has 2 N–H and O–H groups in total. The summed E-state index contributed by atoms with van der Waals surface area (Å²) < 4.78 is 63.4. The van der Waals surface area contributed by atoms with Crippen molar-refractivity contribution in [2.75, 3.05) is 6.26 Å². The number of aromatic nitrogens is 2. The minimum atomic E-state index is -4.62. The van der Waals surface area contributed by atoms with Crippen molar-refractivity contribution in [1.82, 2.24) is 15.3 Å². The van der Waals surface area contributed by atoms with Gasteiger partial charge in [0.05, 0.1) is 27.5 Å². The van der Waals surface area contributed by atoms with E-state index in [1.165, 1.54) is 30.3 Å². The minimum Gasteiger partial charge on any atom is -0.341 e. The Labute approximate surface area is 187 Å². The van der Waals surface area contributed by atoms with Crippen molar-refractivity contribution in [3.8, 4) is 0 Å². The second-order valence-electron chi connectivity index (χ2n) is 7.45. The number of amides is 1. The zero-order valence-corrected chi connectivity index (χ0v) is 18.0.